The molecule has 0 bridgehead atoms. The van der Waals surface area contributed by atoms with Crippen molar-refractivity contribution in [2.24, 2.45) is 5.92 Å². The van der Waals surface area contributed by atoms with Gasteiger partial charge >= 0.3 is 12.6 Å². The second-order valence-electron chi connectivity index (χ2n) is 3.49. The van der Waals surface area contributed by atoms with Gasteiger partial charge in [-0.05, 0) is 13.0 Å². The number of aliphatic hydroxyl groups excluding tert-OH is 1. The maximum absolute atomic E-state index is 12.1. The summed E-state index contributed by atoms with van der Waals surface area (Å²) >= 11 is 0. The van der Waals surface area contributed by atoms with Gasteiger partial charge in [0.15, 0.2) is 0 Å². The number of halogens is 2. The molecule has 0 aliphatic rings. The summed E-state index contributed by atoms with van der Waals surface area (Å²) in [7, 11) is 0. The first-order chi connectivity index (χ1) is 7.93. The molecule has 6 heteroatoms. The summed E-state index contributed by atoms with van der Waals surface area (Å²) in [4.78, 5) is 10.7. The molecule has 0 aliphatic heterocycles. The Labute approximate surface area is 96.5 Å². The van der Waals surface area contributed by atoms with Crippen LogP contribution in [0.25, 0.3) is 0 Å². The highest BCUT2D eigenvalue weighted by atomic mass is 19.3. The van der Waals surface area contributed by atoms with Gasteiger partial charge in [-0.3, -0.25) is 4.79 Å². The molecule has 17 heavy (non-hydrogen) atoms. The van der Waals surface area contributed by atoms with Gasteiger partial charge in [0.1, 0.15) is 5.75 Å². The van der Waals surface area contributed by atoms with Crippen molar-refractivity contribution in [3.05, 3.63) is 29.8 Å². The highest BCUT2D eigenvalue weighted by Gasteiger charge is 2.26. The maximum atomic E-state index is 12.1. The first kappa shape index (κ1) is 13.4. The fourth-order valence-electron chi connectivity index (χ4n) is 1.33. The van der Waals surface area contributed by atoms with Crippen molar-refractivity contribution < 1.29 is 28.5 Å². The van der Waals surface area contributed by atoms with Crippen LogP contribution in [0.5, 0.6) is 5.75 Å². The summed E-state index contributed by atoms with van der Waals surface area (Å²) in [5.74, 6) is -2.55. The van der Waals surface area contributed by atoms with Crippen molar-refractivity contribution in [2.75, 3.05) is 0 Å². The summed E-state index contributed by atoms with van der Waals surface area (Å²) in [5.41, 5.74) is 0.0303. The highest BCUT2D eigenvalue weighted by molar-refractivity contribution is 5.70. The Morgan fingerprint density at radius 3 is 2.47 bits per heavy atom. The number of benzene rings is 1. The number of aliphatic hydroxyl groups is 1. The quantitative estimate of drug-likeness (QED) is 0.834. The third-order valence-electron chi connectivity index (χ3n) is 2.32. The molecule has 2 unspecified atom stereocenters. The lowest BCUT2D eigenvalue weighted by molar-refractivity contribution is -0.145. The Balaban J connectivity index is 3.00. The van der Waals surface area contributed by atoms with Gasteiger partial charge in [0, 0.05) is 5.56 Å². The zero-order valence-corrected chi connectivity index (χ0v) is 9.01. The van der Waals surface area contributed by atoms with Crippen LogP contribution in [0.15, 0.2) is 24.3 Å². The van der Waals surface area contributed by atoms with E-state index in [2.05, 4.69) is 4.74 Å². The van der Waals surface area contributed by atoms with Crippen LogP contribution in [0.3, 0.4) is 0 Å². The molecule has 0 aliphatic carbocycles. The molecule has 1 aromatic rings. The van der Waals surface area contributed by atoms with E-state index in [4.69, 9.17) is 5.11 Å². The zero-order chi connectivity index (χ0) is 13.0. The molecule has 0 radical (unpaired) electrons. The van der Waals surface area contributed by atoms with Crippen LogP contribution < -0.4 is 4.74 Å². The number of alkyl halides is 2. The van der Waals surface area contributed by atoms with Gasteiger partial charge in [0.25, 0.3) is 0 Å². The molecule has 94 valence electrons. The predicted octanol–water partition coefficient (Wildman–Crippen LogP) is 2.04. The van der Waals surface area contributed by atoms with Crippen molar-refractivity contribution in [3.8, 4) is 5.75 Å². The van der Waals surface area contributed by atoms with Crippen LogP contribution in [-0.2, 0) is 4.79 Å². The van der Waals surface area contributed by atoms with Gasteiger partial charge in [-0.1, -0.05) is 18.2 Å². The molecule has 0 saturated carbocycles. The second kappa shape index (κ2) is 5.58. The molecule has 2 atom stereocenters. The number of rotatable bonds is 5. The van der Waals surface area contributed by atoms with Crippen LogP contribution in [0.1, 0.15) is 18.6 Å². The largest absolute Gasteiger partial charge is 0.481 e. The number of hydrogen-bond acceptors (Lipinski definition) is 3. The molecule has 4 nitrogen and oxygen atoms in total. The predicted molar refractivity (Wildman–Crippen MR) is 54.8 cm³/mol. The van der Waals surface area contributed by atoms with Crippen LogP contribution in [0.4, 0.5) is 8.78 Å². The summed E-state index contributed by atoms with van der Waals surface area (Å²) < 4.78 is 28.4. The molecule has 0 fully saturated rings. The Bertz CT molecular complexity index is 395. The van der Waals surface area contributed by atoms with Gasteiger partial charge in [0.2, 0.25) is 0 Å². The minimum Gasteiger partial charge on any atom is -0.481 e. The molecule has 1 aromatic carbocycles. The first-order valence-corrected chi connectivity index (χ1v) is 4.88. The normalized spacial score (nSPS) is 14.4. The minimum absolute atomic E-state index is 0.0303. The molecule has 0 aromatic heterocycles. The van der Waals surface area contributed by atoms with Crippen molar-refractivity contribution in [1.29, 1.82) is 0 Å². The van der Waals surface area contributed by atoms with E-state index in [1.165, 1.54) is 31.2 Å². The van der Waals surface area contributed by atoms with E-state index < -0.39 is 24.6 Å². The zero-order valence-electron chi connectivity index (χ0n) is 9.01. The minimum atomic E-state index is -3.02. The second-order valence-corrected chi connectivity index (χ2v) is 3.49. The van der Waals surface area contributed by atoms with Crippen molar-refractivity contribution >= 4 is 5.97 Å². The Hall–Kier alpha value is -1.69. The van der Waals surface area contributed by atoms with Gasteiger partial charge in [-0.15, -0.1) is 0 Å². The maximum Gasteiger partial charge on any atom is 0.387 e. The van der Waals surface area contributed by atoms with Crippen LogP contribution in [0, 0.1) is 5.92 Å². The molecule has 0 spiro atoms. The fraction of sp³-hybridized carbons (Fsp3) is 0.364. The summed E-state index contributed by atoms with van der Waals surface area (Å²) in [5, 5.41) is 18.5. The molecule has 1 rings (SSSR count). The third-order valence-corrected chi connectivity index (χ3v) is 2.32. The number of para-hydroxylation sites is 1. The SMILES string of the molecule is CC(C(=O)O)C(O)c1ccccc1OC(F)F. The van der Waals surface area contributed by atoms with E-state index in [0.29, 0.717) is 0 Å². The number of carboxylic acids is 1. The average Bonchev–Trinajstić information content (AvgIpc) is 2.27. The Morgan fingerprint density at radius 2 is 1.94 bits per heavy atom. The van der Waals surface area contributed by atoms with Gasteiger partial charge in [-0.2, -0.15) is 8.78 Å². The standard InChI is InChI=1S/C11H12F2O4/c1-6(10(15)16)9(14)7-4-2-3-5-8(7)17-11(12)13/h2-6,9,11,14H,1H3,(H,15,16). The van der Waals surface area contributed by atoms with E-state index >= 15 is 0 Å². The summed E-state index contributed by atoms with van der Waals surface area (Å²) in [6, 6.07) is 5.56. The number of ether oxygens (including phenoxy) is 1. The van der Waals surface area contributed by atoms with E-state index in [0.717, 1.165) is 0 Å². The Kier molecular flexibility index (Phi) is 4.39. The van der Waals surface area contributed by atoms with E-state index in [9.17, 15) is 18.7 Å². The van der Waals surface area contributed by atoms with Crippen molar-refractivity contribution in [3.63, 3.8) is 0 Å². The van der Waals surface area contributed by atoms with Crippen LogP contribution in [0.2, 0.25) is 0 Å². The summed E-state index contributed by atoms with van der Waals surface area (Å²) in [6.45, 7) is -1.74. The van der Waals surface area contributed by atoms with E-state index in [1.54, 1.807) is 0 Å². The monoisotopic (exact) mass is 246 g/mol. The lowest BCUT2D eigenvalue weighted by atomic mass is 9.97. The third kappa shape index (κ3) is 3.39. The van der Waals surface area contributed by atoms with E-state index in [1.807, 2.05) is 0 Å². The molecular weight excluding hydrogens is 234 g/mol. The van der Waals surface area contributed by atoms with Crippen LogP contribution >= 0.6 is 0 Å². The van der Waals surface area contributed by atoms with Crippen molar-refractivity contribution in [2.45, 2.75) is 19.6 Å². The number of hydrogen-bond donors (Lipinski definition) is 2. The highest BCUT2D eigenvalue weighted by Crippen LogP contribution is 2.30. The number of carboxylic acid groups (broad SMARTS) is 1. The van der Waals surface area contributed by atoms with Gasteiger partial charge in [0.05, 0.1) is 12.0 Å². The number of aliphatic carboxylic acids is 1. The van der Waals surface area contributed by atoms with Crippen LogP contribution in [-0.4, -0.2) is 22.8 Å². The smallest absolute Gasteiger partial charge is 0.387 e. The molecule has 0 saturated heterocycles. The lowest BCUT2D eigenvalue weighted by Gasteiger charge is -2.18. The van der Waals surface area contributed by atoms with Crippen molar-refractivity contribution in [1.82, 2.24) is 0 Å². The lowest BCUT2D eigenvalue weighted by Crippen LogP contribution is -2.19. The fourth-order valence-corrected chi connectivity index (χ4v) is 1.33. The Morgan fingerprint density at radius 1 is 1.35 bits per heavy atom. The molecule has 2 N–H and O–H groups in total. The van der Waals surface area contributed by atoms with Gasteiger partial charge in [-0.25, -0.2) is 0 Å². The van der Waals surface area contributed by atoms with E-state index in [-0.39, 0.29) is 11.3 Å². The van der Waals surface area contributed by atoms with Gasteiger partial charge < -0.3 is 14.9 Å². The molecule has 0 amide bonds. The summed E-state index contributed by atoms with van der Waals surface area (Å²) in [6.07, 6.45) is -1.40. The first-order valence-electron chi connectivity index (χ1n) is 4.88. The molecular formula is C11H12F2O4. The number of carbonyl (C=O) groups is 1. The molecule has 0 heterocycles. The average molecular weight is 246 g/mol. The topological polar surface area (TPSA) is 66.8 Å².